The molecule has 1 heterocycles. The van der Waals surface area contributed by atoms with Crippen LogP contribution < -0.4 is 10.1 Å². The maximum atomic E-state index is 5.76. The van der Waals surface area contributed by atoms with E-state index in [-0.39, 0.29) is 6.04 Å². The second-order valence-electron chi connectivity index (χ2n) is 4.41. The Bertz CT molecular complexity index is 519. The molecule has 0 saturated carbocycles. The third kappa shape index (κ3) is 1.98. The van der Waals surface area contributed by atoms with Crippen molar-refractivity contribution >= 4 is 5.69 Å². The first-order chi connectivity index (χ1) is 8.33. The standard InChI is InChI=1S/C15H15NO/c1-11-6-8-12(9-7-11)14-10-17-15-5-3-2-4-13(15)16-14/h2-9,14,16H,10H2,1H3/t14-/m0/s1. The lowest BCUT2D eigenvalue weighted by molar-refractivity contribution is 0.286. The van der Waals surface area contributed by atoms with Gasteiger partial charge in [-0.1, -0.05) is 42.0 Å². The molecule has 2 aromatic carbocycles. The molecule has 0 fully saturated rings. The molecule has 0 aliphatic carbocycles. The van der Waals surface area contributed by atoms with E-state index >= 15 is 0 Å². The van der Waals surface area contributed by atoms with Gasteiger partial charge in [-0.15, -0.1) is 0 Å². The van der Waals surface area contributed by atoms with Crippen molar-refractivity contribution in [1.29, 1.82) is 0 Å². The SMILES string of the molecule is Cc1ccc([C@@H]2COc3ccccc3N2)cc1. The van der Waals surface area contributed by atoms with Crippen molar-refractivity contribution in [3.05, 3.63) is 59.7 Å². The Labute approximate surface area is 101 Å². The van der Waals surface area contributed by atoms with Gasteiger partial charge in [0.2, 0.25) is 0 Å². The van der Waals surface area contributed by atoms with Crippen molar-refractivity contribution in [2.24, 2.45) is 0 Å². The normalized spacial score (nSPS) is 17.8. The number of anilines is 1. The molecule has 1 N–H and O–H groups in total. The zero-order valence-electron chi connectivity index (χ0n) is 9.81. The van der Waals surface area contributed by atoms with E-state index in [4.69, 9.17) is 4.74 Å². The van der Waals surface area contributed by atoms with Crippen LogP contribution in [0.4, 0.5) is 5.69 Å². The molecule has 0 saturated heterocycles. The quantitative estimate of drug-likeness (QED) is 0.801. The van der Waals surface area contributed by atoms with E-state index in [1.54, 1.807) is 0 Å². The molecular weight excluding hydrogens is 210 g/mol. The predicted octanol–water partition coefficient (Wildman–Crippen LogP) is 3.54. The van der Waals surface area contributed by atoms with Gasteiger partial charge in [-0.05, 0) is 24.6 Å². The molecule has 0 unspecified atom stereocenters. The Hall–Kier alpha value is -1.96. The Balaban J connectivity index is 1.86. The minimum absolute atomic E-state index is 0.241. The molecule has 0 aromatic heterocycles. The summed E-state index contributed by atoms with van der Waals surface area (Å²) in [5.41, 5.74) is 3.63. The van der Waals surface area contributed by atoms with Crippen molar-refractivity contribution in [2.45, 2.75) is 13.0 Å². The Kier molecular flexibility index (Phi) is 2.48. The highest BCUT2D eigenvalue weighted by Gasteiger charge is 2.19. The van der Waals surface area contributed by atoms with Crippen LogP contribution in [0.15, 0.2) is 48.5 Å². The van der Waals surface area contributed by atoms with Crippen molar-refractivity contribution < 1.29 is 4.74 Å². The summed E-state index contributed by atoms with van der Waals surface area (Å²) in [5, 5.41) is 3.51. The van der Waals surface area contributed by atoms with Gasteiger partial charge >= 0.3 is 0 Å². The summed E-state index contributed by atoms with van der Waals surface area (Å²) in [6, 6.07) is 16.9. The summed E-state index contributed by atoms with van der Waals surface area (Å²) < 4.78 is 5.76. The highest BCUT2D eigenvalue weighted by Crippen LogP contribution is 2.33. The summed E-state index contributed by atoms with van der Waals surface area (Å²) >= 11 is 0. The smallest absolute Gasteiger partial charge is 0.142 e. The molecule has 17 heavy (non-hydrogen) atoms. The monoisotopic (exact) mass is 225 g/mol. The first-order valence-electron chi connectivity index (χ1n) is 5.88. The minimum Gasteiger partial charge on any atom is -0.489 e. The predicted molar refractivity (Wildman–Crippen MR) is 69.5 cm³/mol. The fourth-order valence-electron chi connectivity index (χ4n) is 2.09. The van der Waals surface area contributed by atoms with Crippen LogP contribution in [0.1, 0.15) is 17.2 Å². The molecular formula is C15H15NO. The zero-order chi connectivity index (χ0) is 11.7. The molecule has 2 nitrogen and oxygen atoms in total. The fraction of sp³-hybridized carbons (Fsp3) is 0.200. The lowest BCUT2D eigenvalue weighted by Crippen LogP contribution is -2.23. The van der Waals surface area contributed by atoms with Gasteiger partial charge in [0.15, 0.2) is 0 Å². The Morgan fingerprint density at radius 2 is 1.82 bits per heavy atom. The summed E-state index contributed by atoms with van der Waals surface area (Å²) in [5.74, 6) is 0.941. The topological polar surface area (TPSA) is 21.3 Å². The van der Waals surface area contributed by atoms with Gasteiger partial charge in [-0.3, -0.25) is 0 Å². The number of benzene rings is 2. The van der Waals surface area contributed by atoms with Crippen LogP contribution in [-0.4, -0.2) is 6.61 Å². The summed E-state index contributed by atoms with van der Waals surface area (Å²) in [7, 11) is 0. The van der Waals surface area contributed by atoms with Crippen molar-refractivity contribution in [3.63, 3.8) is 0 Å². The van der Waals surface area contributed by atoms with E-state index in [1.807, 2.05) is 18.2 Å². The van der Waals surface area contributed by atoms with Gasteiger partial charge in [-0.25, -0.2) is 0 Å². The second kappa shape index (κ2) is 4.13. The number of hydrogen-bond donors (Lipinski definition) is 1. The van der Waals surface area contributed by atoms with Crippen LogP contribution in [0.2, 0.25) is 0 Å². The Morgan fingerprint density at radius 1 is 1.06 bits per heavy atom. The van der Waals surface area contributed by atoms with Crippen molar-refractivity contribution in [1.82, 2.24) is 0 Å². The fourth-order valence-corrected chi connectivity index (χ4v) is 2.09. The van der Waals surface area contributed by atoms with Gasteiger partial charge in [0.05, 0.1) is 11.7 Å². The average molecular weight is 225 g/mol. The number of para-hydroxylation sites is 2. The summed E-state index contributed by atoms with van der Waals surface area (Å²) in [4.78, 5) is 0. The third-order valence-electron chi connectivity index (χ3n) is 3.10. The maximum absolute atomic E-state index is 5.76. The van der Waals surface area contributed by atoms with Crippen LogP contribution in [0.3, 0.4) is 0 Å². The van der Waals surface area contributed by atoms with Crippen LogP contribution in [0.25, 0.3) is 0 Å². The first-order valence-corrected chi connectivity index (χ1v) is 5.88. The lowest BCUT2D eigenvalue weighted by atomic mass is 10.0. The number of nitrogens with one attached hydrogen (secondary N) is 1. The summed E-state index contributed by atoms with van der Waals surface area (Å²) in [6.07, 6.45) is 0. The molecule has 0 bridgehead atoms. The summed E-state index contributed by atoms with van der Waals surface area (Å²) in [6.45, 7) is 2.78. The molecule has 2 aromatic rings. The van der Waals surface area contributed by atoms with E-state index in [0.29, 0.717) is 6.61 Å². The van der Waals surface area contributed by atoms with Gasteiger partial charge in [0, 0.05) is 0 Å². The minimum atomic E-state index is 0.241. The van der Waals surface area contributed by atoms with Crippen LogP contribution in [-0.2, 0) is 0 Å². The zero-order valence-corrected chi connectivity index (χ0v) is 9.81. The third-order valence-corrected chi connectivity index (χ3v) is 3.10. The lowest BCUT2D eigenvalue weighted by Gasteiger charge is -2.27. The van der Waals surface area contributed by atoms with Crippen molar-refractivity contribution in [3.8, 4) is 5.75 Å². The number of aryl methyl sites for hydroxylation is 1. The molecule has 0 radical (unpaired) electrons. The maximum Gasteiger partial charge on any atom is 0.142 e. The average Bonchev–Trinajstić information content (AvgIpc) is 2.39. The van der Waals surface area contributed by atoms with E-state index in [0.717, 1.165) is 11.4 Å². The highest BCUT2D eigenvalue weighted by atomic mass is 16.5. The van der Waals surface area contributed by atoms with Gasteiger partial charge in [-0.2, -0.15) is 0 Å². The molecule has 2 heteroatoms. The van der Waals surface area contributed by atoms with Gasteiger partial charge in [0.1, 0.15) is 12.4 Å². The first kappa shape index (κ1) is 10.2. The number of fused-ring (bicyclic) bond motifs is 1. The van der Waals surface area contributed by atoms with Crippen LogP contribution >= 0.6 is 0 Å². The van der Waals surface area contributed by atoms with E-state index in [9.17, 15) is 0 Å². The molecule has 1 aliphatic rings. The van der Waals surface area contributed by atoms with E-state index in [1.165, 1.54) is 11.1 Å². The largest absolute Gasteiger partial charge is 0.489 e. The van der Waals surface area contributed by atoms with Crippen LogP contribution in [0.5, 0.6) is 5.75 Å². The molecule has 1 aliphatic heterocycles. The molecule has 0 amide bonds. The highest BCUT2D eigenvalue weighted by molar-refractivity contribution is 5.59. The van der Waals surface area contributed by atoms with Gasteiger partial charge in [0.25, 0.3) is 0 Å². The number of hydrogen-bond acceptors (Lipinski definition) is 2. The van der Waals surface area contributed by atoms with E-state index in [2.05, 4.69) is 42.6 Å². The van der Waals surface area contributed by atoms with Crippen LogP contribution in [0, 0.1) is 6.92 Å². The molecule has 1 atom stereocenters. The van der Waals surface area contributed by atoms with Crippen molar-refractivity contribution in [2.75, 3.05) is 11.9 Å². The Morgan fingerprint density at radius 3 is 2.65 bits per heavy atom. The number of rotatable bonds is 1. The second-order valence-corrected chi connectivity index (χ2v) is 4.41. The molecule has 3 rings (SSSR count). The number of ether oxygens (including phenoxy) is 1. The molecule has 86 valence electrons. The molecule has 0 spiro atoms. The van der Waals surface area contributed by atoms with Gasteiger partial charge < -0.3 is 10.1 Å². The van der Waals surface area contributed by atoms with E-state index < -0.39 is 0 Å².